The molecule has 4 nitrogen and oxygen atoms in total. The van der Waals surface area contributed by atoms with Crippen molar-refractivity contribution in [1.29, 1.82) is 0 Å². The maximum atomic E-state index is 13.5. The summed E-state index contributed by atoms with van der Waals surface area (Å²) < 4.78 is 40.4. The molecule has 2 aliphatic heterocycles. The number of hydrogen-bond donors (Lipinski definition) is 2. The third kappa shape index (κ3) is 3.74. The Bertz CT molecular complexity index is 1030. The van der Waals surface area contributed by atoms with Crippen LogP contribution in [0, 0.1) is 5.92 Å². The topological polar surface area (TPSA) is 58.2 Å². The molecule has 2 atom stereocenters. The predicted molar refractivity (Wildman–Crippen MR) is 111 cm³/mol. The Morgan fingerprint density at radius 1 is 1.10 bits per heavy atom. The van der Waals surface area contributed by atoms with Gasteiger partial charge in [-0.1, -0.05) is 37.3 Å². The lowest BCUT2D eigenvalue weighted by atomic mass is 9.77. The monoisotopic (exact) mass is 450 g/mol. The second-order valence-electron chi connectivity index (χ2n) is 8.15. The number of carbonyl (C=O) groups excluding carboxylic acids is 2. The van der Waals surface area contributed by atoms with Crippen molar-refractivity contribution in [2.75, 3.05) is 13.1 Å². The van der Waals surface area contributed by atoms with Crippen LogP contribution in [0.4, 0.5) is 13.2 Å². The lowest BCUT2D eigenvalue weighted by Crippen LogP contribution is -2.48. The zero-order valence-corrected chi connectivity index (χ0v) is 17.6. The predicted octanol–water partition coefficient (Wildman–Crippen LogP) is 4.83. The largest absolute Gasteiger partial charge is 0.416 e. The summed E-state index contributed by atoms with van der Waals surface area (Å²) in [6.45, 7) is 2.91. The number of nitrogens with one attached hydrogen (secondary N) is 2. The van der Waals surface area contributed by atoms with Crippen LogP contribution in [0.1, 0.15) is 62.5 Å². The van der Waals surface area contributed by atoms with Crippen molar-refractivity contribution in [3.05, 3.63) is 70.3 Å². The fourth-order valence-electron chi connectivity index (χ4n) is 4.68. The summed E-state index contributed by atoms with van der Waals surface area (Å²) in [6.07, 6.45) is -3.31. The van der Waals surface area contributed by atoms with E-state index in [9.17, 15) is 22.8 Å². The fourth-order valence-corrected chi connectivity index (χ4v) is 4.99. The molecule has 1 spiro atoms. The minimum absolute atomic E-state index is 0.129. The van der Waals surface area contributed by atoms with E-state index in [1.54, 1.807) is 18.2 Å². The molecule has 1 amide bonds. The van der Waals surface area contributed by atoms with Crippen molar-refractivity contribution in [3.8, 4) is 0 Å². The van der Waals surface area contributed by atoms with Crippen LogP contribution >= 0.6 is 11.6 Å². The van der Waals surface area contributed by atoms with E-state index in [1.807, 2.05) is 0 Å². The third-order valence-corrected chi connectivity index (χ3v) is 6.89. The number of alkyl halides is 4. The molecular weight excluding hydrogens is 429 g/mol. The number of piperidine rings is 1. The first kappa shape index (κ1) is 21.8. The quantitative estimate of drug-likeness (QED) is 0.518. The van der Waals surface area contributed by atoms with Crippen LogP contribution in [0.3, 0.4) is 0 Å². The molecule has 2 unspecified atom stereocenters. The van der Waals surface area contributed by atoms with Crippen LogP contribution in [0.5, 0.6) is 0 Å². The van der Waals surface area contributed by atoms with E-state index in [2.05, 4.69) is 10.6 Å². The summed E-state index contributed by atoms with van der Waals surface area (Å²) in [7, 11) is 0. The van der Waals surface area contributed by atoms with Gasteiger partial charge in [0.1, 0.15) is 0 Å². The molecule has 0 radical (unpaired) electrons. The molecule has 2 N–H and O–H groups in total. The van der Waals surface area contributed by atoms with E-state index < -0.39 is 28.6 Å². The van der Waals surface area contributed by atoms with Crippen LogP contribution in [0.2, 0.25) is 0 Å². The van der Waals surface area contributed by atoms with Gasteiger partial charge in [0.15, 0.2) is 5.78 Å². The van der Waals surface area contributed by atoms with Gasteiger partial charge < -0.3 is 10.6 Å². The van der Waals surface area contributed by atoms with Crippen LogP contribution in [0.25, 0.3) is 0 Å². The molecule has 2 aliphatic rings. The standard InChI is InChI=1S/C23H22ClF3N2O2/c1-13(19(24)14-5-2-3-8-17(14)23(25,26)27)20(30)15-6-4-7-16-18(15)22(29-21(16)31)9-11-28-12-10-22/h2-8,13,19,28H,9-12H2,1H3,(H,29,31). The summed E-state index contributed by atoms with van der Waals surface area (Å²) in [5, 5.41) is 5.12. The van der Waals surface area contributed by atoms with Crippen LogP contribution in [0.15, 0.2) is 42.5 Å². The maximum Gasteiger partial charge on any atom is 0.416 e. The van der Waals surface area contributed by atoms with Gasteiger partial charge >= 0.3 is 6.18 Å². The smallest absolute Gasteiger partial charge is 0.342 e. The van der Waals surface area contributed by atoms with Crippen molar-refractivity contribution >= 4 is 23.3 Å². The van der Waals surface area contributed by atoms with E-state index in [-0.39, 0.29) is 17.3 Å². The molecule has 31 heavy (non-hydrogen) atoms. The summed E-state index contributed by atoms with van der Waals surface area (Å²) in [5.74, 6) is -1.53. The molecule has 2 aromatic carbocycles. The number of halogens is 4. The number of amides is 1. The highest BCUT2D eigenvalue weighted by Crippen LogP contribution is 2.44. The summed E-state index contributed by atoms with van der Waals surface area (Å²) >= 11 is 6.46. The van der Waals surface area contributed by atoms with Crippen molar-refractivity contribution in [1.82, 2.24) is 10.6 Å². The molecule has 0 aromatic heterocycles. The fraction of sp³-hybridized carbons (Fsp3) is 0.391. The summed E-state index contributed by atoms with van der Waals surface area (Å²) in [6, 6.07) is 9.99. The molecular formula is C23H22ClF3N2O2. The molecule has 4 rings (SSSR count). The highest BCUT2D eigenvalue weighted by molar-refractivity contribution is 6.23. The highest BCUT2D eigenvalue weighted by Gasteiger charge is 2.46. The van der Waals surface area contributed by atoms with Gasteiger partial charge in [-0.25, -0.2) is 0 Å². The number of Topliss-reactive ketones (excluding diaryl/α,β-unsaturated/α-hetero) is 1. The van der Waals surface area contributed by atoms with Crippen molar-refractivity contribution in [2.24, 2.45) is 5.92 Å². The Morgan fingerprint density at radius 2 is 1.77 bits per heavy atom. The minimum atomic E-state index is -4.57. The Hall–Kier alpha value is -2.38. The van der Waals surface area contributed by atoms with E-state index in [4.69, 9.17) is 11.6 Å². The maximum absolute atomic E-state index is 13.5. The van der Waals surface area contributed by atoms with Crippen LogP contribution < -0.4 is 10.6 Å². The summed E-state index contributed by atoms with van der Waals surface area (Å²) in [5.41, 5.74) is -0.182. The van der Waals surface area contributed by atoms with Gasteiger partial charge in [0.05, 0.1) is 16.5 Å². The molecule has 0 bridgehead atoms. The Kier molecular flexibility index (Phi) is 5.60. The molecule has 0 aliphatic carbocycles. The average molecular weight is 451 g/mol. The lowest BCUT2D eigenvalue weighted by molar-refractivity contribution is -0.138. The molecule has 2 aromatic rings. The van der Waals surface area contributed by atoms with Crippen LogP contribution in [-0.4, -0.2) is 24.8 Å². The highest BCUT2D eigenvalue weighted by atomic mass is 35.5. The van der Waals surface area contributed by atoms with Gasteiger partial charge in [-0.15, -0.1) is 11.6 Å². The van der Waals surface area contributed by atoms with E-state index in [0.717, 1.165) is 6.07 Å². The summed E-state index contributed by atoms with van der Waals surface area (Å²) in [4.78, 5) is 26.1. The van der Waals surface area contributed by atoms with Crippen molar-refractivity contribution < 1.29 is 22.8 Å². The second kappa shape index (κ2) is 7.95. The van der Waals surface area contributed by atoms with Crippen LogP contribution in [-0.2, 0) is 11.7 Å². The van der Waals surface area contributed by atoms with Gasteiger partial charge in [-0.05, 0) is 43.6 Å². The molecule has 164 valence electrons. The number of hydrogen-bond acceptors (Lipinski definition) is 3. The second-order valence-corrected chi connectivity index (χ2v) is 8.62. The first-order valence-electron chi connectivity index (χ1n) is 10.2. The first-order chi connectivity index (χ1) is 14.7. The minimum Gasteiger partial charge on any atom is -0.342 e. The average Bonchev–Trinajstić information content (AvgIpc) is 3.03. The molecule has 1 fully saturated rings. The van der Waals surface area contributed by atoms with E-state index in [1.165, 1.54) is 25.1 Å². The van der Waals surface area contributed by atoms with Gasteiger partial charge in [0.2, 0.25) is 0 Å². The van der Waals surface area contributed by atoms with Crippen molar-refractivity contribution in [2.45, 2.75) is 36.9 Å². The number of ketones is 1. The number of fused-ring (bicyclic) bond motifs is 2. The zero-order valence-electron chi connectivity index (χ0n) is 16.9. The number of benzene rings is 2. The van der Waals surface area contributed by atoms with E-state index in [0.29, 0.717) is 42.6 Å². The van der Waals surface area contributed by atoms with Gasteiger partial charge in [0.25, 0.3) is 5.91 Å². The lowest BCUT2D eigenvalue weighted by Gasteiger charge is -2.36. The molecule has 0 saturated carbocycles. The molecule has 8 heteroatoms. The SMILES string of the molecule is CC(C(=O)c1cccc2c1C1(CCNCC1)NC2=O)C(Cl)c1ccccc1C(F)(F)F. The third-order valence-electron chi connectivity index (χ3n) is 6.28. The first-order valence-corrected chi connectivity index (χ1v) is 10.6. The van der Waals surface area contributed by atoms with Crippen molar-refractivity contribution in [3.63, 3.8) is 0 Å². The van der Waals surface area contributed by atoms with Gasteiger partial charge in [0, 0.05) is 22.6 Å². The Labute approximate surface area is 183 Å². The normalized spacial score (nSPS) is 19.6. The Balaban J connectivity index is 1.73. The van der Waals surface area contributed by atoms with E-state index >= 15 is 0 Å². The molecule has 1 saturated heterocycles. The zero-order chi connectivity index (χ0) is 22.4. The number of carbonyl (C=O) groups is 2. The van der Waals surface area contributed by atoms with Gasteiger partial charge in [-0.2, -0.15) is 13.2 Å². The Morgan fingerprint density at radius 3 is 2.45 bits per heavy atom. The number of rotatable bonds is 4. The van der Waals surface area contributed by atoms with Gasteiger partial charge in [-0.3, -0.25) is 9.59 Å². The molecule has 2 heterocycles.